The van der Waals surface area contributed by atoms with Gasteiger partial charge in [-0.05, 0) is 68.4 Å². The molecule has 2 N–H and O–H groups in total. The molecule has 1 aliphatic carbocycles. The van der Waals surface area contributed by atoms with E-state index in [0.717, 1.165) is 6.54 Å². The molecule has 0 unspecified atom stereocenters. The fraction of sp³-hybridized carbons (Fsp3) is 0.231. The van der Waals surface area contributed by atoms with Crippen LogP contribution in [0.3, 0.4) is 0 Å². The monoisotopic (exact) mass is 503 g/mol. The number of hydrogen-bond donors (Lipinski definition) is 1. The number of anilines is 2. The Morgan fingerprint density at radius 1 is 1.06 bits per heavy atom. The summed E-state index contributed by atoms with van der Waals surface area (Å²) in [5, 5.41) is 0.554. The molecule has 2 aromatic heterocycles. The van der Waals surface area contributed by atoms with Gasteiger partial charge in [0.25, 0.3) is 0 Å². The molecule has 1 aliphatic rings. The van der Waals surface area contributed by atoms with Crippen molar-refractivity contribution in [3.63, 3.8) is 0 Å². The summed E-state index contributed by atoms with van der Waals surface area (Å²) in [5.74, 6) is 0.0656. The number of likely N-dealkylation sites (N-methyl/N-ethyl adjacent to an activating group) is 2. The van der Waals surface area contributed by atoms with Crippen molar-refractivity contribution in [1.82, 2.24) is 24.0 Å². The van der Waals surface area contributed by atoms with Gasteiger partial charge in [0, 0.05) is 36.4 Å². The first-order valence-electron chi connectivity index (χ1n) is 11.6. The number of carbonyl (C=O) groups is 1. The van der Waals surface area contributed by atoms with Crippen molar-refractivity contribution in [3.8, 4) is 11.4 Å². The second kappa shape index (κ2) is 9.60. The molecule has 10 heteroatoms. The summed E-state index contributed by atoms with van der Waals surface area (Å²) in [6, 6.07) is 14.6. The highest BCUT2D eigenvalue weighted by Crippen LogP contribution is 2.26. The van der Waals surface area contributed by atoms with Crippen LogP contribution in [0.25, 0.3) is 22.5 Å². The second-order valence-electron chi connectivity index (χ2n) is 8.85. The van der Waals surface area contributed by atoms with Crippen molar-refractivity contribution in [3.05, 3.63) is 82.5 Å². The zero-order chi connectivity index (χ0) is 25.4. The van der Waals surface area contributed by atoms with E-state index in [1.54, 1.807) is 66.6 Å². The Labute approximate surface area is 213 Å². The largest absolute Gasteiger partial charge is 0.382 e. The Hall–Kier alpha value is -3.95. The summed E-state index contributed by atoms with van der Waals surface area (Å²) in [6.45, 7) is 0.745. The van der Waals surface area contributed by atoms with E-state index in [1.807, 2.05) is 6.08 Å². The topological polar surface area (TPSA) is 102 Å². The van der Waals surface area contributed by atoms with Crippen LogP contribution in [0.4, 0.5) is 11.5 Å². The van der Waals surface area contributed by atoms with Gasteiger partial charge in [0.2, 0.25) is 5.91 Å². The molecule has 1 saturated carbocycles. The van der Waals surface area contributed by atoms with Crippen LogP contribution in [0, 0.1) is 0 Å². The maximum atomic E-state index is 13.6. The molecule has 0 bridgehead atoms. The normalized spacial score (nSPS) is 13.7. The van der Waals surface area contributed by atoms with Crippen molar-refractivity contribution < 1.29 is 4.79 Å². The Balaban J connectivity index is 1.46. The van der Waals surface area contributed by atoms with E-state index >= 15 is 0 Å². The summed E-state index contributed by atoms with van der Waals surface area (Å²) in [5.41, 5.74) is 8.47. The van der Waals surface area contributed by atoms with Crippen LogP contribution in [0.15, 0.2) is 71.8 Å². The summed E-state index contributed by atoms with van der Waals surface area (Å²) in [7, 11) is 3.79. The number of nitrogens with two attached hydrogens (primary N) is 1. The molecule has 9 nitrogen and oxygen atoms in total. The van der Waals surface area contributed by atoms with E-state index < -0.39 is 0 Å². The van der Waals surface area contributed by atoms with Crippen molar-refractivity contribution in [2.45, 2.75) is 18.9 Å². The average Bonchev–Trinajstić information content (AvgIpc) is 3.68. The minimum absolute atomic E-state index is 0.121. The Kier molecular flexibility index (Phi) is 6.34. The predicted molar refractivity (Wildman–Crippen MR) is 142 cm³/mol. The van der Waals surface area contributed by atoms with E-state index in [0.29, 0.717) is 39.3 Å². The molecule has 36 heavy (non-hydrogen) atoms. The number of imidazole rings is 1. The number of benzene rings is 2. The SMILES string of the molecule is CN(C(=O)/C=C/CN(C)C1CC1)c1ccc(-n2c(=O)n(-c3ccc(Cl)cc3)c3c(N)ncnc32)cc1. The quantitative estimate of drug-likeness (QED) is 0.388. The van der Waals surface area contributed by atoms with Crippen LogP contribution >= 0.6 is 11.6 Å². The Bertz CT molecular complexity index is 1500. The van der Waals surface area contributed by atoms with Crippen LogP contribution in [0.2, 0.25) is 5.02 Å². The zero-order valence-electron chi connectivity index (χ0n) is 20.0. The first kappa shape index (κ1) is 23.8. The van der Waals surface area contributed by atoms with E-state index in [2.05, 4.69) is 21.9 Å². The zero-order valence-corrected chi connectivity index (χ0v) is 20.8. The molecule has 0 spiro atoms. The smallest absolute Gasteiger partial charge is 0.339 e. The van der Waals surface area contributed by atoms with Gasteiger partial charge in [-0.2, -0.15) is 0 Å². The Morgan fingerprint density at radius 2 is 1.69 bits per heavy atom. The van der Waals surface area contributed by atoms with Crippen molar-refractivity contribution >= 4 is 40.2 Å². The van der Waals surface area contributed by atoms with E-state index in [1.165, 1.54) is 28.3 Å². The van der Waals surface area contributed by atoms with Gasteiger partial charge < -0.3 is 10.6 Å². The number of fused-ring (bicyclic) bond motifs is 1. The highest BCUT2D eigenvalue weighted by molar-refractivity contribution is 6.30. The molecule has 0 radical (unpaired) electrons. The maximum Gasteiger partial charge on any atom is 0.339 e. The van der Waals surface area contributed by atoms with E-state index in [4.69, 9.17) is 17.3 Å². The number of carbonyl (C=O) groups excluding carboxylic acids is 1. The van der Waals surface area contributed by atoms with E-state index in [-0.39, 0.29) is 17.4 Å². The number of nitrogen functional groups attached to an aromatic ring is 1. The number of rotatable bonds is 7. The van der Waals surface area contributed by atoms with Gasteiger partial charge >= 0.3 is 5.69 Å². The molecule has 0 atom stereocenters. The van der Waals surface area contributed by atoms with Crippen molar-refractivity contribution in [2.24, 2.45) is 0 Å². The molecule has 1 amide bonds. The molecule has 184 valence electrons. The lowest BCUT2D eigenvalue weighted by atomic mass is 10.2. The van der Waals surface area contributed by atoms with Crippen LogP contribution < -0.4 is 16.3 Å². The highest BCUT2D eigenvalue weighted by Gasteiger charge is 2.25. The van der Waals surface area contributed by atoms with E-state index in [9.17, 15) is 9.59 Å². The van der Waals surface area contributed by atoms with Gasteiger partial charge in [0.15, 0.2) is 11.5 Å². The number of amides is 1. The lowest BCUT2D eigenvalue weighted by Crippen LogP contribution is -2.25. The first-order chi connectivity index (χ1) is 17.3. The second-order valence-corrected chi connectivity index (χ2v) is 9.28. The molecule has 2 aromatic carbocycles. The van der Waals surface area contributed by atoms with Crippen LogP contribution in [0.1, 0.15) is 12.8 Å². The van der Waals surface area contributed by atoms with Crippen molar-refractivity contribution in [2.75, 3.05) is 31.3 Å². The van der Waals surface area contributed by atoms with Crippen LogP contribution in [0.5, 0.6) is 0 Å². The number of aromatic nitrogens is 4. The minimum Gasteiger partial charge on any atom is -0.382 e. The van der Waals surface area contributed by atoms with Gasteiger partial charge in [0.1, 0.15) is 11.8 Å². The lowest BCUT2D eigenvalue weighted by Gasteiger charge is -2.16. The van der Waals surface area contributed by atoms with Gasteiger partial charge in [-0.1, -0.05) is 17.7 Å². The van der Waals surface area contributed by atoms with Crippen molar-refractivity contribution in [1.29, 1.82) is 0 Å². The maximum absolute atomic E-state index is 13.6. The summed E-state index contributed by atoms with van der Waals surface area (Å²) in [4.78, 5) is 38.4. The van der Waals surface area contributed by atoms with Gasteiger partial charge in [-0.25, -0.2) is 19.3 Å². The number of halogens is 1. The molecule has 4 aromatic rings. The molecule has 0 saturated heterocycles. The molecular formula is C26H26ClN7O2. The number of hydrogen-bond acceptors (Lipinski definition) is 6. The molecule has 1 fully saturated rings. The Morgan fingerprint density at radius 3 is 2.36 bits per heavy atom. The first-order valence-corrected chi connectivity index (χ1v) is 12.0. The molecule has 5 rings (SSSR count). The average molecular weight is 504 g/mol. The third-order valence-electron chi connectivity index (χ3n) is 6.38. The van der Waals surface area contributed by atoms with Gasteiger partial charge in [-0.3, -0.25) is 14.3 Å². The highest BCUT2D eigenvalue weighted by atomic mass is 35.5. The van der Waals surface area contributed by atoms with Crippen LogP contribution in [-0.2, 0) is 4.79 Å². The molecule has 2 heterocycles. The summed E-state index contributed by atoms with van der Waals surface area (Å²) in [6.07, 6.45) is 7.26. The number of nitrogens with zero attached hydrogens (tertiary/aromatic N) is 6. The van der Waals surface area contributed by atoms with Gasteiger partial charge in [0.05, 0.1) is 11.4 Å². The summed E-state index contributed by atoms with van der Waals surface area (Å²) < 4.78 is 2.94. The summed E-state index contributed by atoms with van der Waals surface area (Å²) >= 11 is 6.03. The fourth-order valence-corrected chi connectivity index (χ4v) is 4.28. The standard InChI is InChI=1S/C26H26ClN7O2/c1-31(18-9-10-18)15-3-4-22(35)32(2)19-11-13-21(14-12-19)34-25-23(24(28)29-16-30-25)33(26(34)36)20-7-5-17(27)6-8-20/h3-8,11-14,16,18H,9-10,15H2,1-2H3,(H2,28,29,30)/b4-3+. The molecular weight excluding hydrogens is 478 g/mol. The third kappa shape index (κ3) is 4.50. The lowest BCUT2D eigenvalue weighted by molar-refractivity contribution is -0.113. The predicted octanol–water partition coefficient (Wildman–Crippen LogP) is 3.42. The third-order valence-corrected chi connectivity index (χ3v) is 6.64. The van der Waals surface area contributed by atoms with Crippen LogP contribution in [-0.4, -0.2) is 56.6 Å². The fourth-order valence-electron chi connectivity index (χ4n) is 4.16. The molecule has 0 aliphatic heterocycles. The van der Waals surface area contributed by atoms with Gasteiger partial charge in [-0.15, -0.1) is 0 Å². The minimum atomic E-state index is -0.348.